The Hall–Kier alpha value is -1.46. The summed E-state index contributed by atoms with van der Waals surface area (Å²) in [4.78, 5) is 17.6. The van der Waals surface area contributed by atoms with Gasteiger partial charge in [0.25, 0.3) is 5.91 Å². The molecular formula is C15H16N2OS2. The summed E-state index contributed by atoms with van der Waals surface area (Å²) in [5.74, 6) is 0.830. The maximum absolute atomic E-state index is 12.2. The first-order chi connectivity index (χ1) is 9.72. The molecule has 3 nitrogen and oxygen atoms in total. The number of anilines is 1. The van der Waals surface area contributed by atoms with Crippen LogP contribution >= 0.6 is 23.5 Å². The molecule has 1 N–H and O–H groups in total. The molecule has 1 aromatic carbocycles. The Bertz CT molecular complexity index is 585. The predicted molar refractivity (Wildman–Crippen MR) is 86.8 cm³/mol. The summed E-state index contributed by atoms with van der Waals surface area (Å²) in [6.07, 6.45) is 3.70. The molecule has 1 heterocycles. The highest BCUT2D eigenvalue weighted by Gasteiger charge is 2.07. The molecule has 0 bridgehead atoms. The van der Waals surface area contributed by atoms with E-state index in [0.29, 0.717) is 5.56 Å². The largest absolute Gasteiger partial charge is 0.322 e. The average molecular weight is 304 g/mol. The summed E-state index contributed by atoms with van der Waals surface area (Å²) in [6, 6.07) is 11.3. The van der Waals surface area contributed by atoms with Crippen LogP contribution in [0, 0.1) is 0 Å². The van der Waals surface area contributed by atoms with Crippen LogP contribution in [-0.4, -0.2) is 22.9 Å². The van der Waals surface area contributed by atoms with Crippen LogP contribution in [0.25, 0.3) is 0 Å². The number of carbonyl (C=O) groups excluding carboxylic acids is 1. The van der Waals surface area contributed by atoms with Gasteiger partial charge in [0, 0.05) is 22.3 Å². The molecule has 0 saturated heterocycles. The third-order valence-electron chi connectivity index (χ3n) is 2.64. The number of pyridine rings is 1. The average Bonchev–Trinajstić information content (AvgIpc) is 2.48. The highest BCUT2D eigenvalue weighted by molar-refractivity contribution is 7.99. The SMILES string of the molecule is CCSc1cc(C(=O)Nc2ccc(SC)cc2)ccn1. The van der Waals surface area contributed by atoms with Crippen LogP contribution in [0.15, 0.2) is 52.5 Å². The molecule has 2 aromatic rings. The monoisotopic (exact) mass is 304 g/mol. The Morgan fingerprint density at radius 1 is 1.25 bits per heavy atom. The van der Waals surface area contributed by atoms with E-state index >= 15 is 0 Å². The van der Waals surface area contributed by atoms with Crippen molar-refractivity contribution >= 4 is 35.1 Å². The van der Waals surface area contributed by atoms with Gasteiger partial charge in [-0.1, -0.05) is 6.92 Å². The third-order valence-corrected chi connectivity index (χ3v) is 4.19. The number of amides is 1. The topological polar surface area (TPSA) is 42.0 Å². The Labute approximate surface area is 127 Å². The van der Waals surface area contributed by atoms with E-state index in [4.69, 9.17) is 0 Å². The second-order valence-electron chi connectivity index (χ2n) is 4.00. The number of nitrogens with zero attached hydrogens (tertiary/aromatic N) is 1. The molecule has 0 atom stereocenters. The van der Waals surface area contributed by atoms with Gasteiger partial charge in [-0.2, -0.15) is 0 Å². The molecule has 0 aliphatic heterocycles. The number of nitrogens with one attached hydrogen (secondary N) is 1. The van der Waals surface area contributed by atoms with E-state index in [0.717, 1.165) is 16.5 Å². The third kappa shape index (κ3) is 4.02. The van der Waals surface area contributed by atoms with Crippen molar-refractivity contribution in [2.24, 2.45) is 0 Å². The lowest BCUT2D eigenvalue weighted by Crippen LogP contribution is -2.12. The van der Waals surface area contributed by atoms with Gasteiger partial charge < -0.3 is 5.32 Å². The van der Waals surface area contributed by atoms with Gasteiger partial charge in [0.05, 0.1) is 5.03 Å². The molecule has 1 aromatic heterocycles. The van der Waals surface area contributed by atoms with Gasteiger partial charge in [-0.3, -0.25) is 4.79 Å². The highest BCUT2D eigenvalue weighted by Crippen LogP contribution is 2.19. The minimum absolute atomic E-state index is 0.109. The molecule has 0 radical (unpaired) electrons. The van der Waals surface area contributed by atoms with Gasteiger partial charge >= 0.3 is 0 Å². The van der Waals surface area contributed by atoms with Crippen molar-refractivity contribution in [3.63, 3.8) is 0 Å². The molecule has 0 fully saturated rings. The summed E-state index contributed by atoms with van der Waals surface area (Å²) < 4.78 is 0. The number of benzene rings is 1. The molecule has 5 heteroatoms. The minimum atomic E-state index is -0.109. The van der Waals surface area contributed by atoms with Crippen LogP contribution in [-0.2, 0) is 0 Å². The first-order valence-corrected chi connectivity index (χ1v) is 8.48. The lowest BCUT2D eigenvalue weighted by atomic mass is 10.2. The summed E-state index contributed by atoms with van der Waals surface area (Å²) in [6.45, 7) is 2.06. The quantitative estimate of drug-likeness (QED) is 0.842. The van der Waals surface area contributed by atoms with Crippen LogP contribution in [0.3, 0.4) is 0 Å². The smallest absolute Gasteiger partial charge is 0.255 e. The maximum atomic E-state index is 12.2. The van der Waals surface area contributed by atoms with Crippen molar-refractivity contribution in [1.82, 2.24) is 4.98 Å². The van der Waals surface area contributed by atoms with Gasteiger partial charge in [0.1, 0.15) is 0 Å². The second kappa shape index (κ2) is 7.36. The highest BCUT2D eigenvalue weighted by atomic mass is 32.2. The van der Waals surface area contributed by atoms with Crippen molar-refractivity contribution < 1.29 is 4.79 Å². The van der Waals surface area contributed by atoms with E-state index in [-0.39, 0.29) is 5.91 Å². The van der Waals surface area contributed by atoms with Crippen molar-refractivity contribution in [2.45, 2.75) is 16.8 Å². The van der Waals surface area contributed by atoms with E-state index < -0.39 is 0 Å². The van der Waals surface area contributed by atoms with E-state index in [1.54, 1.807) is 35.8 Å². The molecule has 0 unspecified atom stereocenters. The molecule has 20 heavy (non-hydrogen) atoms. The molecule has 2 rings (SSSR count). The second-order valence-corrected chi connectivity index (χ2v) is 6.16. The predicted octanol–water partition coefficient (Wildman–Crippen LogP) is 4.17. The van der Waals surface area contributed by atoms with E-state index in [2.05, 4.69) is 17.2 Å². The van der Waals surface area contributed by atoms with Crippen molar-refractivity contribution in [2.75, 3.05) is 17.3 Å². The summed E-state index contributed by atoms with van der Waals surface area (Å²) in [7, 11) is 0. The molecule has 0 saturated carbocycles. The van der Waals surface area contributed by atoms with E-state index in [9.17, 15) is 4.79 Å². The fraction of sp³-hybridized carbons (Fsp3) is 0.200. The number of hydrogen-bond donors (Lipinski definition) is 1. The van der Waals surface area contributed by atoms with Crippen LogP contribution in [0.4, 0.5) is 5.69 Å². The molecule has 0 aliphatic carbocycles. The van der Waals surface area contributed by atoms with Gasteiger partial charge in [-0.25, -0.2) is 4.98 Å². The zero-order valence-electron chi connectivity index (χ0n) is 11.4. The fourth-order valence-corrected chi connectivity index (χ4v) is 2.70. The van der Waals surface area contributed by atoms with Gasteiger partial charge in [0.2, 0.25) is 0 Å². The normalized spacial score (nSPS) is 10.3. The zero-order valence-corrected chi connectivity index (χ0v) is 13.1. The van der Waals surface area contributed by atoms with Crippen LogP contribution < -0.4 is 5.32 Å². The van der Waals surface area contributed by atoms with Crippen LogP contribution in [0.1, 0.15) is 17.3 Å². The minimum Gasteiger partial charge on any atom is -0.322 e. The number of rotatable bonds is 5. The first-order valence-electron chi connectivity index (χ1n) is 6.27. The Kier molecular flexibility index (Phi) is 5.49. The maximum Gasteiger partial charge on any atom is 0.255 e. The standard InChI is InChI=1S/C15H16N2OS2/c1-3-20-14-10-11(8-9-16-14)15(18)17-12-4-6-13(19-2)7-5-12/h4-10H,3H2,1-2H3,(H,17,18). The summed E-state index contributed by atoms with van der Waals surface area (Å²) >= 11 is 3.30. The number of aromatic nitrogens is 1. The van der Waals surface area contributed by atoms with Crippen LogP contribution in [0.5, 0.6) is 0 Å². The lowest BCUT2D eigenvalue weighted by Gasteiger charge is -2.07. The van der Waals surface area contributed by atoms with Crippen molar-refractivity contribution in [3.8, 4) is 0 Å². The molecular weight excluding hydrogens is 288 g/mol. The van der Waals surface area contributed by atoms with Crippen LogP contribution in [0.2, 0.25) is 0 Å². The Balaban J connectivity index is 2.08. The van der Waals surface area contributed by atoms with E-state index in [1.165, 1.54) is 4.90 Å². The molecule has 1 amide bonds. The summed E-state index contributed by atoms with van der Waals surface area (Å²) in [5.41, 5.74) is 1.43. The van der Waals surface area contributed by atoms with Gasteiger partial charge in [-0.15, -0.1) is 23.5 Å². The summed E-state index contributed by atoms with van der Waals surface area (Å²) in [5, 5.41) is 3.77. The fourth-order valence-electron chi connectivity index (χ4n) is 1.66. The van der Waals surface area contributed by atoms with Gasteiger partial charge in [-0.05, 0) is 48.4 Å². The van der Waals surface area contributed by atoms with Crippen molar-refractivity contribution in [3.05, 3.63) is 48.2 Å². The lowest BCUT2D eigenvalue weighted by molar-refractivity contribution is 0.102. The number of hydrogen-bond acceptors (Lipinski definition) is 4. The van der Waals surface area contributed by atoms with Gasteiger partial charge in [0.15, 0.2) is 0 Å². The zero-order chi connectivity index (χ0) is 14.4. The Morgan fingerprint density at radius 3 is 2.65 bits per heavy atom. The number of carbonyl (C=O) groups is 1. The molecule has 104 valence electrons. The van der Waals surface area contributed by atoms with Crippen molar-refractivity contribution in [1.29, 1.82) is 0 Å². The first kappa shape index (κ1) is 14.9. The Morgan fingerprint density at radius 2 is 2.00 bits per heavy atom. The van der Waals surface area contributed by atoms with E-state index in [1.807, 2.05) is 36.6 Å². The molecule has 0 spiro atoms. The molecule has 0 aliphatic rings. The number of thioether (sulfide) groups is 2.